The lowest BCUT2D eigenvalue weighted by Gasteiger charge is -2.32. The van der Waals surface area contributed by atoms with E-state index < -0.39 is 28.5 Å². The van der Waals surface area contributed by atoms with Crippen LogP contribution in [0.1, 0.15) is 37.5 Å². The van der Waals surface area contributed by atoms with Crippen LogP contribution in [0.25, 0.3) is 0 Å². The van der Waals surface area contributed by atoms with Crippen LogP contribution < -0.4 is 9.62 Å². The Kier molecular flexibility index (Phi) is 9.69. The molecular weight excluding hydrogens is 498 g/mol. The van der Waals surface area contributed by atoms with Crippen LogP contribution >= 0.6 is 0 Å². The van der Waals surface area contributed by atoms with Crippen LogP contribution in [-0.2, 0) is 26.2 Å². The van der Waals surface area contributed by atoms with Gasteiger partial charge in [0, 0.05) is 13.1 Å². The largest absolute Gasteiger partial charge is 0.354 e. The number of hydrogen-bond acceptors (Lipinski definition) is 4. The molecule has 0 saturated heterocycles. The Labute approximate surface area is 226 Å². The molecule has 0 bridgehead atoms. The number of aryl methyl sites for hydroxylation is 2. The Morgan fingerprint density at radius 3 is 1.95 bits per heavy atom. The third kappa shape index (κ3) is 7.44. The number of carbonyl (C=O) groups excluding carboxylic acids is 2. The summed E-state index contributed by atoms with van der Waals surface area (Å²) in [6.45, 7) is 9.62. The van der Waals surface area contributed by atoms with Gasteiger partial charge in [0.25, 0.3) is 10.0 Å². The van der Waals surface area contributed by atoms with Crippen molar-refractivity contribution in [3.63, 3.8) is 0 Å². The van der Waals surface area contributed by atoms with Gasteiger partial charge in [-0.15, -0.1) is 0 Å². The van der Waals surface area contributed by atoms with Gasteiger partial charge in [0.15, 0.2) is 0 Å². The molecule has 0 aromatic heterocycles. The van der Waals surface area contributed by atoms with Crippen LogP contribution in [-0.4, -0.2) is 44.3 Å². The zero-order valence-electron chi connectivity index (χ0n) is 22.7. The van der Waals surface area contributed by atoms with Gasteiger partial charge in [-0.2, -0.15) is 0 Å². The number of nitrogens with zero attached hydrogens (tertiary/aromatic N) is 2. The number of rotatable bonds is 11. The topological polar surface area (TPSA) is 86.8 Å². The summed E-state index contributed by atoms with van der Waals surface area (Å²) in [5.74, 6) is -0.507. The van der Waals surface area contributed by atoms with E-state index in [0.29, 0.717) is 12.2 Å². The highest BCUT2D eigenvalue weighted by molar-refractivity contribution is 7.92. The third-order valence-corrected chi connectivity index (χ3v) is 7.94. The van der Waals surface area contributed by atoms with E-state index in [0.717, 1.165) is 21.0 Å². The fourth-order valence-corrected chi connectivity index (χ4v) is 5.58. The van der Waals surface area contributed by atoms with Gasteiger partial charge in [-0.3, -0.25) is 13.9 Å². The molecule has 3 rings (SSSR count). The first-order valence-electron chi connectivity index (χ1n) is 12.8. The van der Waals surface area contributed by atoms with Crippen molar-refractivity contribution in [2.45, 2.75) is 52.1 Å². The average molecular weight is 536 g/mol. The molecule has 0 spiro atoms. The molecule has 0 heterocycles. The lowest BCUT2D eigenvalue weighted by molar-refractivity contribution is -0.139. The summed E-state index contributed by atoms with van der Waals surface area (Å²) in [6.07, 6.45) is 0. The van der Waals surface area contributed by atoms with Gasteiger partial charge in [-0.1, -0.05) is 68.4 Å². The zero-order chi connectivity index (χ0) is 27.9. The normalized spacial score (nSPS) is 12.2. The summed E-state index contributed by atoms with van der Waals surface area (Å²) in [5, 5.41) is 2.89. The summed E-state index contributed by atoms with van der Waals surface area (Å²) >= 11 is 0. The number of carbonyl (C=O) groups is 2. The average Bonchev–Trinajstić information content (AvgIpc) is 2.88. The number of benzene rings is 3. The van der Waals surface area contributed by atoms with Crippen molar-refractivity contribution in [2.24, 2.45) is 5.92 Å². The maximum atomic E-state index is 13.9. The molecule has 0 fully saturated rings. The van der Waals surface area contributed by atoms with E-state index in [4.69, 9.17) is 0 Å². The Hall–Kier alpha value is -3.65. The minimum absolute atomic E-state index is 0.0873. The summed E-state index contributed by atoms with van der Waals surface area (Å²) in [7, 11) is -4.07. The molecule has 3 aromatic rings. The predicted molar refractivity (Wildman–Crippen MR) is 151 cm³/mol. The minimum Gasteiger partial charge on any atom is -0.354 e. The van der Waals surface area contributed by atoms with Gasteiger partial charge in [0.05, 0.1) is 10.6 Å². The Bertz CT molecular complexity index is 1320. The SMILES string of the molecule is Cc1cc(C)cc(N(CC(=O)N(Cc2ccccc2)[C@@H](C)C(=O)NCC(C)C)S(=O)(=O)c2ccccc2)c1. The summed E-state index contributed by atoms with van der Waals surface area (Å²) < 4.78 is 28.8. The lowest BCUT2D eigenvalue weighted by Crippen LogP contribution is -2.51. The van der Waals surface area contributed by atoms with Crippen molar-refractivity contribution in [3.8, 4) is 0 Å². The lowest BCUT2D eigenvalue weighted by atomic mass is 10.1. The predicted octanol–water partition coefficient (Wildman–Crippen LogP) is 4.69. The van der Waals surface area contributed by atoms with Crippen LogP contribution in [0.5, 0.6) is 0 Å². The quantitative estimate of drug-likeness (QED) is 0.386. The van der Waals surface area contributed by atoms with E-state index >= 15 is 0 Å². The van der Waals surface area contributed by atoms with E-state index in [-0.39, 0.29) is 23.3 Å². The molecule has 0 unspecified atom stereocenters. The molecule has 0 aliphatic carbocycles. The standard InChI is InChI=1S/C30H37N3O4S/c1-22(2)19-31-30(35)25(5)32(20-26-12-8-6-9-13-26)29(34)21-33(27-17-23(3)16-24(4)18-27)38(36,37)28-14-10-7-11-15-28/h6-18,22,25H,19-21H2,1-5H3,(H,31,35)/t25-/m0/s1. The van der Waals surface area contributed by atoms with Crippen molar-refractivity contribution in [1.29, 1.82) is 0 Å². The van der Waals surface area contributed by atoms with Gasteiger partial charge in [-0.25, -0.2) is 8.42 Å². The van der Waals surface area contributed by atoms with Crippen molar-refractivity contribution < 1.29 is 18.0 Å². The first-order valence-corrected chi connectivity index (χ1v) is 14.2. The second-order valence-corrected chi connectivity index (χ2v) is 11.9. The highest BCUT2D eigenvalue weighted by atomic mass is 32.2. The Morgan fingerprint density at radius 1 is 0.842 bits per heavy atom. The molecule has 3 aromatic carbocycles. The van der Waals surface area contributed by atoms with E-state index in [1.165, 1.54) is 17.0 Å². The van der Waals surface area contributed by atoms with E-state index in [1.54, 1.807) is 37.3 Å². The second kappa shape index (κ2) is 12.7. The highest BCUT2D eigenvalue weighted by Crippen LogP contribution is 2.26. The smallest absolute Gasteiger partial charge is 0.264 e. The number of anilines is 1. The van der Waals surface area contributed by atoms with Gasteiger partial charge >= 0.3 is 0 Å². The molecule has 1 atom stereocenters. The van der Waals surface area contributed by atoms with Crippen LogP contribution in [0.2, 0.25) is 0 Å². The van der Waals surface area contributed by atoms with Gasteiger partial charge in [-0.05, 0) is 67.6 Å². The molecular formula is C30H37N3O4S. The maximum Gasteiger partial charge on any atom is 0.264 e. The number of hydrogen-bond donors (Lipinski definition) is 1. The van der Waals surface area contributed by atoms with Crippen molar-refractivity contribution in [1.82, 2.24) is 10.2 Å². The van der Waals surface area contributed by atoms with E-state index in [9.17, 15) is 18.0 Å². The highest BCUT2D eigenvalue weighted by Gasteiger charge is 2.32. The van der Waals surface area contributed by atoms with E-state index in [1.807, 2.05) is 64.1 Å². The summed E-state index contributed by atoms with van der Waals surface area (Å²) in [6, 6.07) is 22.1. The molecule has 2 amide bonds. The van der Waals surface area contributed by atoms with Crippen molar-refractivity contribution >= 4 is 27.5 Å². The molecule has 0 saturated carbocycles. The Balaban J connectivity index is 2.02. The molecule has 38 heavy (non-hydrogen) atoms. The van der Waals surface area contributed by atoms with Gasteiger partial charge in [0.2, 0.25) is 11.8 Å². The molecule has 0 radical (unpaired) electrons. The fraction of sp³-hybridized carbons (Fsp3) is 0.333. The van der Waals surface area contributed by atoms with Crippen molar-refractivity contribution in [3.05, 3.63) is 95.6 Å². The molecule has 0 aliphatic heterocycles. The minimum atomic E-state index is -4.07. The van der Waals surface area contributed by atoms with Gasteiger partial charge in [0.1, 0.15) is 12.6 Å². The number of nitrogens with one attached hydrogen (secondary N) is 1. The first kappa shape index (κ1) is 28.9. The molecule has 202 valence electrons. The first-order chi connectivity index (χ1) is 18.0. The summed E-state index contributed by atoms with van der Waals surface area (Å²) in [4.78, 5) is 28.4. The fourth-order valence-electron chi connectivity index (χ4n) is 4.16. The third-order valence-electron chi connectivity index (χ3n) is 6.15. The molecule has 7 nitrogen and oxygen atoms in total. The number of sulfonamides is 1. The van der Waals surface area contributed by atoms with Crippen LogP contribution in [0, 0.1) is 19.8 Å². The van der Waals surface area contributed by atoms with Crippen LogP contribution in [0.3, 0.4) is 0 Å². The molecule has 1 N–H and O–H groups in total. The maximum absolute atomic E-state index is 13.9. The zero-order valence-corrected chi connectivity index (χ0v) is 23.5. The Morgan fingerprint density at radius 2 is 1.39 bits per heavy atom. The van der Waals surface area contributed by atoms with Crippen LogP contribution in [0.4, 0.5) is 5.69 Å². The molecule has 0 aliphatic rings. The number of amides is 2. The second-order valence-electron chi connectivity index (χ2n) is 9.99. The monoisotopic (exact) mass is 535 g/mol. The van der Waals surface area contributed by atoms with Crippen LogP contribution in [0.15, 0.2) is 83.8 Å². The van der Waals surface area contributed by atoms with Crippen molar-refractivity contribution in [2.75, 3.05) is 17.4 Å². The van der Waals surface area contributed by atoms with E-state index in [2.05, 4.69) is 5.32 Å². The van der Waals surface area contributed by atoms with Gasteiger partial charge < -0.3 is 10.2 Å². The summed E-state index contributed by atoms with van der Waals surface area (Å²) in [5.41, 5.74) is 3.00. The molecule has 8 heteroatoms.